The van der Waals surface area contributed by atoms with E-state index in [4.69, 9.17) is 18.9 Å². The van der Waals surface area contributed by atoms with Crippen LogP contribution in [0.5, 0.6) is 17.2 Å². The first-order valence-electron chi connectivity index (χ1n) is 8.04. The number of hydrogen-bond acceptors (Lipinski definition) is 7. The average Bonchev–Trinajstić information content (AvgIpc) is 3.12. The summed E-state index contributed by atoms with van der Waals surface area (Å²) in [5.74, 6) is -0.353. The van der Waals surface area contributed by atoms with Gasteiger partial charge in [-0.3, -0.25) is 9.59 Å². The minimum Gasteiger partial charge on any atom is -0.496 e. The van der Waals surface area contributed by atoms with Crippen molar-refractivity contribution in [3.63, 3.8) is 0 Å². The van der Waals surface area contributed by atoms with E-state index in [1.54, 1.807) is 18.2 Å². The third-order valence-corrected chi connectivity index (χ3v) is 3.83. The molecule has 0 unspecified atom stereocenters. The van der Waals surface area contributed by atoms with E-state index >= 15 is 0 Å². The Kier molecular flexibility index (Phi) is 5.25. The van der Waals surface area contributed by atoms with Crippen LogP contribution in [0.3, 0.4) is 0 Å². The Labute approximate surface area is 155 Å². The van der Waals surface area contributed by atoms with Gasteiger partial charge in [0.05, 0.1) is 12.8 Å². The SMILES string of the molecule is COc1ccccc1C(=O)OCC(=O)Nc1cc2c(cc1C(C)=O)OCO2. The van der Waals surface area contributed by atoms with Crippen molar-refractivity contribution in [3.8, 4) is 17.2 Å². The molecule has 0 radical (unpaired) electrons. The van der Waals surface area contributed by atoms with E-state index in [1.807, 2.05) is 0 Å². The summed E-state index contributed by atoms with van der Waals surface area (Å²) < 4.78 is 20.6. The van der Waals surface area contributed by atoms with Crippen molar-refractivity contribution in [1.29, 1.82) is 0 Å². The van der Waals surface area contributed by atoms with Crippen LogP contribution in [0.15, 0.2) is 36.4 Å². The van der Waals surface area contributed by atoms with Gasteiger partial charge in [-0.2, -0.15) is 0 Å². The van der Waals surface area contributed by atoms with Crippen LogP contribution in [0, 0.1) is 0 Å². The number of hydrogen-bond donors (Lipinski definition) is 1. The number of carbonyl (C=O) groups is 3. The highest BCUT2D eigenvalue weighted by Crippen LogP contribution is 2.37. The van der Waals surface area contributed by atoms with Crippen LogP contribution in [0.4, 0.5) is 5.69 Å². The Morgan fingerprint density at radius 1 is 1.07 bits per heavy atom. The maximum absolute atomic E-state index is 12.2. The molecule has 0 fully saturated rings. The van der Waals surface area contributed by atoms with Crippen molar-refractivity contribution >= 4 is 23.3 Å². The van der Waals surface area contributed by atoms with Gasteiger partial charge in [0.25, 0.3) is 5.91 Å². The normalized spacial score (nSPS) is 11.6. The van der Waals surface area contributed by atoms with Crippen LogP contribution in [0.1, 0.15) is 27.6 Å². The molecular formula is C19H17NO7. The van der Waals surface area contributed by atoms with Gasteiger partial charge < -0.3 is 24.3 Å². The minimum absolute atomic E-state index is 0.0423. The fraction of sp³-hybridized carbons (Fsp3) is 0.211. The molecule has 8 nitrogen and oxygen atoms in total. The molecule has 2 aromatic rings. The van der Waals surface area contributed by atoms with Gasteiger partial charge in [-0.15, -0.1) is 0 Å². The molecule has 1 N–H and O–H groups in total. The van der Waals surface area contributed by atoms with E-state index in [1.165, 1.54) is 32.2 Å². The summed E-state index contributed by atoms with van der Waals surface area (Å²) in [4.78, 5) is 36.1. The predicted molar refractivity (Wildman–Crippen MR) is 94.5 cm³/mol. The van der Waals surface area contributed by atoms with E-state index in [9.17, 15) is 14.4 Å². The van der Waals surface area contributed by atoms with Gasteiger partial charge in [0, 0.05) is 11.6 Å². The van der Waals surface area contributed by atoms with Crippen molar-refractivity contribution in [2.45, 2.75) is 6.92 Å². The van der Waals surface area contributed by atoms with Gasteiger partial charge in [-0.1, -0.05) is 12.1 Å². The molecule has 8 heteroatoms. The van der Waals surface area contributed by atoms with Crippen molar-refractivity contribution in [2.24, 2.45) is 0 Å². The Morgan fingerprint density at radius 2 is 1.78 bits per heavy atom. The molecule has 0 aromatic heterocycles. The summed E-state index contributed by atoms with van der Waals surface area (Å²) in [7, 11) is 1.43. The standard InChI is InChI=1S/C19H17NO7/c1-11(21)13-7-16-17(27-10-26-16)8-14(13)20-18(22)9-25-19(23)12-5-3-4-6-15(12)24-2/h3-8H,9-10H2,1-2H3,(H,20,22). The molecule has 0 aliphatic carbocycles. The third-order valence-electron chi connectivity index (χ3n) is 3.83. The molecule has 2 aromatic carbocycles. The lowest BCUT2D eigenvalue weighted by Crippen LogP contribution is -2.22. The first-order chi connectivity index (χ1) is 13.0. The average molecular weight is 371 g/mol. The Morgan fingerprint density at radius 3 is 2.48 bits per heavy atom. The molecule has 3 rings (SSSR count). The quantitative estimate of drug-likeness (QED) is 0.615. The van der Waals surface area contributed by atoms with Gasteiger partial charge in [-0.05, 0) is 25.1 Å². The van der Waals surface area contributed by atoms with Gasteiger partial charge >= 0.3 is 5.97 Å². The summed E-state index contributed by atoms with van der Waals surface area (Å²) in [5.41, 5.74) is 0.731. The second kappa shape index (κ2) is 7.77. The zero-order valence-corrected chi connectivity index (χ0v) is 14.7. The monoisotopic (exact) mass is 371 g/mol. The maximum Gasteiger partial charge on any atom is 0.342 e. The highest BCUT2D eigenvalue weighted by atomic mass is 16.7. The molecule has 0 bridgehead atoms. The fourth-order valence-electron chi connectivity index (χ4n) is 2.55. The van der Waals surface area contributed by atoms with Crippen LogP contribution in [-0.2, 0) is 9.53 Å². The second-order valence-electron chi connectivity index (χ2n) is 5.63. The number of methoxy groups -OCH3 is 1. The number of esters is 1. The van der Waals surface area contributed by atoms with Crippen molar-refractivity contribution in [2.75, 3.05) is 25.8 Å². The summed E-state index contributed by atoms with van der Waals surface area (Å²) in [6.07, 6.45) is 0. The van der Waals surface area contributed by atoms with Crippen LogP contribution in [0.25, 0.3) is 0 Å². The molecule has 1 heterocycles. The molecule has 0 saturated heterocycles. The number of rotatable bonds is 6. The van der Waals surface area contributed by atoms with E-state index in [0.717, 1.165) is 0 Å². The minimum atomic E-state index is -0.694. The number of ether oxygens (including phenoxy) is 4. The molecule has 27 heavy (non-hydrogen) atoms. The maximum atomic E-state index is 12.2. The summed E-state index contributed by atoms with van der Waals surface area (Å²) in [6.45, 7) is 0.887. The zero-order valence-electron chi connectivity index (χ0n) is 14.7. The highest BCUT2D eigenvalue weighted by molar-refractivity contribution is 6.05. The highest BCUT2D eigenvalue weighted by Gasteiger charge is 2.21. The van der Waals surface area contributed by atoms with E-state index in [2.05, 4.69) is 5.32 Å². The smallest absolute Gasteiger partial charge is 0.342 e. The predicted octanol–water partition coefficient (Wildman–Crippen LogP) is 2.42. The van der Waals surface area contributed by atoms with Crippen LogP contribution < -0.4 is 19.5 Å². The van der Waals surface area contributed by atoms with Crippen LogP contribution >= 0.6 is 0 Å². The van der Waals surface area contributed by atoms with Gasteiger partial charge in [0.15, 0.2) is 23.9 Å². The number of para-hydroxylation sites is 1. The molecule has 0 spiro atoms. The largest absolute Gasteiger partial charge is 0.496 e. The lowest BCUT2D eigenvalue weighted by Gasteiger charge is -2.11. The number of anilines is 1. The fourth-order valence-corrected chi connectivity index (χ4v) is 2.55. The summed E-state index contributed by atoms with van der Waals surface area (Å²) in [6, 6.07) is 9.52. The summed E-state index contributed by atoms with van der Waals surface area (Å²) in [5, 5.41) is 2.55. The van der Waals surface area contributed by atoms with E-state index in [-0.39, 0.29) is 29.4 Å². The third kappa shape index (κ3) is 4.00. The van der Waals surface area contributed by atoms with E-state index in [0.29, 0.717) is 17.2 Å². The summed E-state index contributed by atoms with van der Waals surface area (Å²) >= 11 is 0. The molecule has 0 atom stereocenters. The van der Waals surface area contributed by atoms with Crippen molar-refractivity contribution in [3.05, 3.63) is 47.5 Å². The molecule has 1 aliphatic heterocycles. The van der Waals surface area contributed by atoms with Gasteiger partial charge in [-0.25, -0.2) is 4.79 Å². The van der Waals surface area contributed by atoms with Gasteiger partial charge in [0.2, 0.25) is 6.79 Å². The van der Waals surface area contributed by atoms with Crippen molar-refractivity contribution < 1.29 is 33.3 Å². The lowest BCUT2D eigenvalue weighted by molar-refractivity contribution is -0.119. The Hall–Kier alpha value is -3.55. The number of carbonyl (C=O) groups excluding carboxylic acids is 3. The number of amides is 1. The zero-order chi connectivity index (χ0) is 19.4. The Bertz CT molecular complexity index is 907. The molecule has 1 aliphatic rings. The Balaban J connectivity index is 1.68. The molecular weight excluding hydrogens is 354 g/mol. The first-order valence-corrected chi connectivity index (χ1v) is 8.04. The van der Waals surface area contributed by atoms with Crippen LogP contribution in [-0.4, -0.2) is 38.2 Å². The number of ketones is 1. The number of Topliss-reactive ketones (excluding diaryl/α,β-unsaturated/α-hetero) is 1. The lowest BCUT2D eigenvalue weighted by atomic mass is 10.1. The first kappa shape index (κ1) is 18.2. The molecule has 0 saturated carbocycles. The van der Waals surface area contributed by atoms with E-state index < -0.39 is 18.5 Å². The number of fused-ring (bicyclic) bond motifs is 1. The van der Waals surface area contributed by atoms with Crippen molar-refractivity contribution in [1.82, 2.24) is 0 Å². The molecule has 1 amide bonds. The second-order valence-corrected chi connectivity index (χ2v) is 5.63. The number of benzene rings is 2. The topological polar surface area (TPSA) is 100 Å². The van der Waals surface area contributed by atoms with Gasteiger partial charge in [0.1, 0.15) is 11.3 Å². The molecule has 140 valence electrons. The number of nitrogens with one attached hydrogen (secondary N) is 1. The van der Waals surface area contributed by atoms with Crippen LogP contribution in [0.2, 0.25) is 0 Å².